The maximum absolute atomic E-state index is 14.2. The predicted molar refractivity (Wildman–Crippen MR) is 155 cm³/mol. The van der Waals surface area contributed by atoms with Gasteiger partial charge in [0.1, 0.15) is 18.2 Å². The fourth-order valence-electron chi connectivity index (χ4n) is 5.49. The Morgan fingerprint density at radius 3 is 2.66 bits per heavy atom. The van der Waals surface area contributed by atoms with Crippen molar-refractivity contribution in [3.05, 3.63) is 87.5 Å². The maximum atomic E-state index is 14.2. The second-order valence-corrected chi connectivity index (χ2v) is 11.5. The molecule has 0 saturated carbocycles. The Labute approximate surface area is 246 Å². The normalized spacial score (nSPS) is 17.9. The molecule has 2 saturated heterocycles. The van der Waals surface area contributed by atoms with Gasteiger partial charge in [-0.1, -0.05) is 28.1 Å². The van der Waals surface area contributed by atoms with Crippen LogP contribution < -0.4 is 4.74 Å². The third-order valence-electron chi connectivity index (χ3n) is 7.93. The van der Waals surface area contributed by atoms with Gasteiger partial charge in [-0.3, -0.25) is 4.90 Å². The minimum atomic E-state index is -0.355. The van der Waals surface area contributed by atoms with E-state index in [0.717, 1.165) is 68.1 Å². The van der Waals surface area contributed by atoms with Gasteiger partial charge in [0.2, 0.25) is 5.88 Å². The lowest BCUT2D eigenvalue weighted by molar-refractivity contribution is -0.0592. The molecule has 2 aliphatic heterocycles. The second kappa shape index (κ2) is 12.3. The van der Waals surface area contributed by atoms with Gasteiger partial charge in [0.05, 0.1) is 42.9 Å². The number of nitrogens with zero attached hydrogens (tertiary/aromatic N) is 4. The first kappa shape index (κ1) is 27.8. The van der Waals surface area contributed by atoms with Gasteiger partial charge in [-0.15, -0.1) is 0 Å². The van der Waals surface area contributed by atoms with E-state index in [1.165, 1.54) is 13.2 Å². The molecule has 6 rings (SSSR count). The van der Waals surface area contributed by atoms with Gasteiger partial charge in [0.25, 0.3) is 0 Å². The number of esters is 1. The van der Waals surface area contributed by atoms with Crippen LogP contribution in [-0.2, 0) is 29.2 Å². The number of benzene rings is 2. The summed E-state index contributed by atoms with van der Waals surface area (Å²) in [4.78, 5) is 24.3. The molecule has 1 atom stereocenters. The summed E-state index contributed by atoms with van der Waals surface area (Å²) in [5, 5.41) is 0. The summed E-state index contributed by atoms with van der Waals surface area (Å²) in [6, 6.07) is 16.3. The average Bonchev–Trinajstić information content (AvgIpc) is 3.30. The van der Waals surface area contributed by atoms with Crippen molar-refractivity contribution in [3.8, 4) is 5.88 Å². The number of aromatic nitrogens is 3. The lowest BCUT2D eigenvalue weighted by Crippen LogP contribution is -2.35. The Morgan fingerprint density at radius 2 is 1.93 bits per heavy atom. The Hall–Kier alpha value is -3.34. The van der Waals surface area contributed by atoms with Crippen LogP contribution in [0.3, 0.4) is 0 Å². The van der Waals surface area contributed by atoms with E-state index in [0.29, 0.717) is 33.9 Å². The fourth-order valence-corrected chi connectivity index (χ4v) is 5.82. The first-order chi connectivity index (χ1) is 20.0. The molecule has 41 heavy (non-hydrogen) atoms. The van der Waals surface area contributed by atoms with Crippen LogP contribution >= 0.6 is 15.9 Å². The number of hydrogen-bond acceptors (Lipinski definition) is 7. The van der Waals surface area contributed by atoms with Crippen LogP contribution in [0.1, 0.15) is 52.6 Å². The number of carbonyl (C=O) groups is 1. The highest BCUT2D eigenvalue weighted by atomic mass is 79.9. The number of fused-ring (bicyclic) bond motifs is 1. The van der Waals surface area contributed by atoms with E-state index < -0.39 is 0 Å². The lowest BCUT2D eigenvalue weighted by atomic mass is 9.93. The summed E-state index contributed by atoms with van der Waals surface area (Å²) in [6.07, 6.45) is 3.13. The standard InChI is InChI=1S/C31H32BrFN4O4/c1-39-31(38)21-6-8-27-28(15-21)37(17-24-11-14-40-24)29(34-27)18-36-12-9-20(10-13-36)26-3-2-4-30(35-26)41-19-22-5-7-23(32)16-25(22)33/h2-8,15-16,20,24H,9-14,17-19H2,1H3/t24-/m0/s1. The summed E-state index contributed by atoms with van der Waals surface area (Å²) < 4.78 is 33.6. The number of hydrogen-bond donors (Lipinski definition) is 0. The molecule has 4 heterocycles. The molecule has 2 aromatic carbocycles. The van der Waals surface area contributed by atoms with Crippen molar-refractivity contribution in [1.82, 2.24) is 19.4 Å². The molecule has 0 N–H and O–H groups in total. The first-order valence-electron chi connectivity index (χ1n) is 13.9. The van der Waals surface area contributed by atoms with Crippen molar-refractivity contribution in [3.63, 3.8) is 0 Å². The van der Waals surface area contributed by atoms with Crippen LogP contribution in [0.4, 0.5) is 4.39 Å². The Balaban J connectivity index is 1.11. The number of pyridine rings is 1. The van der Waals surface area contributed by atoms with E-state index in [1.54, 1.807) is 18.2 Å². The highest BCUT2D eigenvalue weighted by molar-refractivity contribution is 9.10. The molecular weight excluding hydrogens is 591 g/mol. The molecule has 0 bridgehead atoms. The summed E-state index contributed by atoms with van der Waals surface area (Å²) >= 11 is 3.28. The predicted octanol–water partition coefficient (Wildman–Crippen LogP) is 5.87. The summed E-state index contributed by atoms with van der Waals surface area (Å²) in [5.74, 6) is 1.14. The zero-order chi connectivity index (χ0) is 28.3. The van der Waals surface area contributed by atoms with Crippen molar-refractivity contribution in [2.24, 2.45) is 0 Å². The molecule has 8 nitrogen and oxygen atoms in total. The number of rotatable bonds is 9. The van der Waals surface area contributed by atoms with Crippen LogP contribution in [-0.4, -0.2) is 58.3 Å². The van der Waals surface area contributed by atoms with Crippen molar-refractivity contribution < 1.29 is 23.4 Å². The summed E-state index contributed by atoms with van der Waals surface area (Å²) in [6.45, 7) is 4.18. The highest BCUT2D eigenvalue weighted by Crippen LogP contribution is 2.30. The molecular formula is C31H32BrFN4O4. The molecule has 0 aliphatic carbocycles. The number of halogens is 2. The molecule has 0 spiro atoms. The van der Waals surface area contributed by atoms with Gasteiger partial charge in [0.15, 0.2) is 0 Å². The van der Waals surface area contributed by atoms with Crippen LogP contribution in [0.25, 0.3) is 11.0 Å². The Morgan fingerprint density at radius 1 is 1.10 bits per heavy atom. The number of piperidine rings is 1. The number of methoxy groups -OCH3 is 1. The smallest absolute Gasteiger partial charge is 0.337 e. The number of ether oxygens (including phenoxy) is 3. The van der Waals surface area contributed by atoms with Gasteiger partial charge < -0.3 is 18.8 Å². The largest absolute Gasteiger partial charge is 0.473 e. The average molecular weight is 624 g/mol. The second-order valence-electron chi connectivity index (χ2n) is 10.6. The molecule has 4 aromatic rings. The van der Waals surface area contributed by atoms with Crippen molar-refractivity contribution in [1.29, 1.82) is 0 Å². The minimum absolute atomic E-state index is 0.127. The third-order valence-corrected chi connectivity index (χ3v) is 8.43. The van der Waals surface area contributed by atoms with Gasteiger partial charge in [-0.25, -0.2) is 19.2 Å². The first-order valence-corrected chi connectivity index (χ1v) is 14.7. The third kappa shape index (κ3) is 6.29. The molecule has 214 valence electrons. The van der Waals surface area contributed by atoms with Gasteiger partial charge in [0, 0.05) is 34.3 Å². The fraction of sp³-hybridized carbons (Fsp3) is 0.387. The molecule has 2 aromatic heterocycles. The highest BCUT2D eigenvalue weighted by Gasteiger charge is 2.26. The van der Waals surface area contributed by atoms with Gasteiger partial charge >= 0.3 is 5.97 Å². The molecule has 0 amide bonds. The maximum Gasteiger partial charge on any atom is 0.337 e. The van der Waals surface area contributed by atoms with Crippen molar-refractivity contribution in [2.45, 2.75) is 51.0 Å². The minimum Gasteiger partial charge on any atom is -0.473 e. The topological polar surface area (TPSA) is 78.7 Å². The van der Waals surface area contributed by atoms with E-state index >= 15 is 0 Å². The quantitative estimate of drug-likeness (QED) is 0.216. The van der Waals surface area contributed by atoms with Crippen molar-refractivity contribution >= 4 is 32.9 Å². The lowest BCUT2D eigenvalue weighted by Gasteiger charge is -2.32. The van der Waals surface area contributed by atoms with Crippen LogP contribution in [0.5, 0.6) is 5.88 Å². The van der Waals surface area contributed by atoms with E-state index in [-0.39, 0.29) is 24.5 Å². The van der Waals surface area contributed by atoms with E-state index in [9.17, 15) is 9.18 Å². The monoisotopic (exact) mass is 622 g/mol. The van der Waals surface area contributed by atoms with Crippen LogP contribution in [0.15, 0.2) is 59.1 Å². The summed E-state index contributed by atoms with van der Waals surface area (Å²) in [7, 11) is 1.39. The number of likely N-dealkylation sites (tertiary alicyclic amines) is 1. The summed E-state index contributed by atoms with van der Waals surface area (Å²) in [5.41, 5.74) is 3.81. The van der Waals surface area contributed by atoms with Crippen molar-refractivity contribution in [2.75, 3.05) is 26.8 Å². The Kier molecular flexibility index (Phi) is 8.32. The molecule has 2 aliphatic rings. The van der Waals surface area contributed by atoms with Crippen LogP contribution in [0, 0.1) is 5.82 Å². The Bertz CT molecular complexity index is 1550. The molecule has 0 unspecified atom stereocenters. The molecule has 10 heteroatoms. The SMILES string of the molecule is COC(=O)c1ccc2nc(CN3CCC(c4cccc(OCc5ccc(Br)cc5F)n4)CC3)n(C[C@@H]3CCO3)c2c1. The van der Waals surface area contributed by atoms with E-state index in [1.807, 2.05) is 30.3 Å². The van der Waals surface area contributed by atoms with Crippen LogP contribution in [0.2, 0.25) is 0 Å². The molecule has 2 fully saturated rings. The molecule has 0 radical (unpaired) electrons. The van der Waals surface area contributed by atoms with E-state index in [2.05, 4.69) is 25.4 Å². The number of carbonyl (C=O) groups excluding carboxylic acids is 1. The van der Waals surface area contributed by atoms with E-state index in [4.69, 9.17) is 24.2 Å². The van der Waals surface area contributed by atoms with Gasteiger partial charge in [-0.2, -0.15) is 0 Å². The zero-order valence-electron chi connectivity index (χ0n) is 22.9. The number of imidazole rings is 1. The van der Waals surface area contributed by atoms with Gasteiger partial charge in [-0.05, 0) is 68.8 Å². The zero-order valence-corrected chi connectivity index (χ0v) is 24.5.